The van der Waals surface area contributed by atoms with Crippen LogP contribution in [0.25, 0.3) is 0 Å². The average Bonchev–Trinajstić information content (AvgIpc) is 2.92. The summed E-state index contributed by atoms with van der Waals surface area (Å²) in [7, 11) is 0. The zero-order chi connectivity index (χ0) is 13.4. The number of halogens is 1. The van der Waals surface area contributed by atoms with E-state index in [1.54, 1.807) is 11.3 Å². The van der Waals surface area contributed by atoms with Gasteiger partial charge in [-0.2, -0.15) is 0 Å². The molecular formula is C13H12BrN3S2. The standard InChI is InChI=1S/C13H12BrN3S2/c14-8-6-7(12(15)18)4-5-9(8)16-13-17-10-2-1-3-11(10)19-13/h4-6H,1-3H2,(H2,15,18)(H,16,17). The first-order valence-corrected chi connectivity index (χ1v) is 8.00. The molecule has 0 bridgehead atoms. The Labute approximate surface area is 129 Å². The van der Waals surface area contributed by atoms with Crippen molar-refractivity contribution in [3.8, 4) is 0 Å². The molecule has 6 heteroatoms. The fourth-order valence-corrected chi connectivity index (χ4v) is 3.80. The Kier molecular flexibility index (Phi) is 3.56. The van der Waals surface area contributed by atoms with Crippen LogP contribution >= 0.6 is 39.5 Å². The van der Waals surface area contributed by atoms with Crippen LogP contribution in [0.2, 0.25) is 0 Å². The van der Waals surface area contributed by atoms with Crippen molar-refractivity contribution in [3.05, 3.63) is 38.8 Å². The predicted octanol–water partition coefficient (Wildman–Crippen LogP) is 3.77. The minimum Gasteiger partial charge on any atom is -0.389 e. The zero-order valence-electron chi connectivity index (χ0n) is 10.1. The maximum absolute atomic E-state index is 5.61. The van der Waals surface area contributed by atoms with Crippen molar-refractivity contribution in [2.75, 3.05) is 5.32 Å². The van der Waals surface area contributed by atoms with Crippen LogP contribution < -0.4 is 11.1 Å². The Morgan fingerprint density at radius 2 is 2.26 bits per heavy atom. The molecule has 3 nitrogen and oxygen atoms in total. The lowest BCUT2D eigenvalue weighted by Gasteiger charge is -2.07. The molecule has 0 saturated heterocycles. The third-order valence-electron chi connectivity index (χ3n) is 3.09. The molecule has 1 aromatic heterocycles. The van der Waals surface area contributed by atoms with Crippen LogP contribution in [0.3, 0.4) is 0 Å². The van der Waals surface area contributed by atoms with E-state index in [2.05, 4.69) is 26.2 Å². The molecule has 0 radical (unpaired) electrons. The van der Waals surface area contributed by atoms with Crippen molar-refractivity contribution in [1.82, 2.24) is 4.98 Å². The smallest absolute Gasteiger partial charge is 0.187 e. The highest BCUT2D eigenvalue weighted by Gasteiger charge is 2.17. The Balaban J connectivity index is 1.84. The molecule has 0 amide bonds. The van der Waals surface area contributed by atoms with Gasteiger partial charge in [-0.15, -0.1) is 11.3 Å². The van der Waals surface area contributed by atoms with Gasteiger partial charge in [0.2, 0.25) is 0 Å². The third kappa shape index (κ3) is 2.66. The molecule has 19 heavy (non-hydrogen) atoms. The number of nitrogens with zero attached hydrogens (tertiary/aromatic N) is 1. The third-order valence-corrected chi connectivity index (χ3v) is 5.06. The summed E-state index contributed by atoms with van der Waals surface area (Å²) < 4.78 is 0.938. The van der Waals surface area contributed by atoms with E-state index in [1.165, 1.54) is 17.0 Å². The van der Waals surface area contributed by atoms with Gasteiger partial charge in [-0.1, -0.05) is 12.2 Å². The number of hydrogen-bond donors (Lipinski definition) is 2. The Morgan fingerprint density at radius 1 is 1.42 bits per heavy atom. The number of aromatic nitrogens is 1. The maximum atomic E-state index is 5.61. The number of thiazole rings is 1. The maximum Gasteiger partial charge on any atom is 0.187 e. The summed E-state index contributed by atoms with van der Waals surface area (Å²) in [4.78, 5) is 6.44. The number of fused-ring (bicyclic) bond motifs is 1. The molecular weight excluding hydrogens is 342 g/mol. The van der Waals surface area contributed by atoms with Gasteiger partial charge >= 0.3 is 0 Å². The number of anilines is 2. The van der Waals surface area contributed by atoms with Crippen molar-refractivity contribution in [2.45, 2.75) is 19.3 Å². The van der Waals surface area contributed by atoms with Crippen LogP contribution in [-0.2, 0) is 12.8 Å². The molecule has 1 aliphatic carbocycles. The summed E-state index contributed by atoms with van der Waals surface area (Å²) in [6, 6.07) is 5.80. The SMILES string of the molecule is NC(=S)c1ccc(Nc2nc3c(s2)CCC3)c(Br)c1. The summed E-state index contributed by atoms with van der Waals surface area (Å²) in [5.74, 6) is 0. The summed E-state index contributed by atoms with van der Waals surface area (Å²) in [5.41, 5.74) is 8.70. The quantitative estimate of drug-likeness (QED) is 0.824. The van der Waals surface area contributed by atoms with Crippen molar-refractivity contribution >= 4 is 55.3 Å². The monoisotopic (exact) mass is 353 g/mol. The number of nitrogens with one attached hydrogen (secondary N) is 1. The van der Waals surface area contributed by atoms with Crippen molar-refractivity contribution < 1.29 is 0 Å². The lowest BCUT2D eigenvalue weighted by atomic mass is 10.2. The van der Waals surface area contributed by atoms with Gasteiger partial charge in [-0.05, 0) is 53.4 Å². The fourth-order valence-electron chi connectivity index (χ4n) is 2.13. The number of hydrogen-bond acceptors (Lipinski definition) is 4. The summed E-state index contributed by atoms with van der Waals surface area (Å²) in [6.45, 7) is 0. The van der Waals surface area contributed by atoms with Gasteiger partial charge in [0.05, 0.1) is 11.4 Å². The van der Waals surface area contributed by atoms with E-state index in [-0.39, 0.29) is 0 Å². The molecule has 0 aliphatic heterocycles. The number of nitrogens with two attached hydrogens (primary N) is 1. The Bertz CT molecular complexity index is 630. The highest BCUT2D eigenvalue weighted by Crippen LogP contribution is 2.34. The normalized spacial score (nSPS) is 13.3. The first-order valence-electron chi connectivity index (χ1n) is 5.98. The second-order valence-corrected chi connectivity index (χ2v) is 6.80. The van der Waals surface area contributed by atoms with Crippen molar-refractivity contribution in [2.24, 2.45) is 5.73 Å². The molecule has 0 atom stereocenters. The van der Waals surface area contributed by atoms with E-state index in [0.29, 0.717) is 4.99 Å². The second-order valence-electron chi connectivity index (χ2n) is 4.43. The average molecular weight is 354 g/mol. The molecule has 3 rings (SSSR count). The van der Waals surface area contributed by atoms with Gasteiger partial charge in [-0.3, -0.25) is 0 Å². The van der Waals surface area contributed by atoms with E-state index in [9.17, 15) is 0 Å². The van der Waals surface area contributed by atoms with E-state index in [0.717, 1.165) is 33.7 Å². The van der Waals surface area contributed by atoms with E-state index in [1.807, 2.05) is 18.2 Å². The molecule has 98 valence electrons. The summed E-state index contributed by atoms with van der Waals surface area (Å²) in [5, 5.41) is 4.30. The Hall–Kier alpha value is -0.980. The lowest BCUT2D eigenvalue weighted by molar-refractivity contribution is 0.900. The van der Waals surface area contributed by atoms with Gasteiger partial charge in [0, 0.05) is 14.9 Å². The molecule has 0 spiro atoms. The van der Waals surface area contributed by atoms with E-state index in [4.69, 9.17) is 18.0 Å². The fraction of sp³-hybridized carbons (Fsp3) is 0.231. The molecule has 0 saturated carbocycles. The van der Waals surface area contributed by atoms with Crippen LogP contribution in [0.5, 0.6) is 0 Å². The van der Waals surface area contributed by atoms with Gasteiger partial charge in [0.15, 0.2) is 5.13 Å². The minimum atomic E-state index is 0.403. The number of thiocarbonyl (C=S) groups is 1. The van der Waals surface area contributed by atoms with Gasteiger partial charge in [-0.25, -0.2) is 4.98 Å². The predicted molar refractivity (Wildman–Crippen MR) is 87.5 cm³/mol. The minimum absolute atomic E-state index is 0.403. The van der Waals surface area contributed by atoms with Gasteiger partial charge in [0.1, 0.15) is 4.99 Å². The summed E-state index contributed by atoms with van der Waals surface area (Å²) >= 11 is 10.2. The van der Waals surface area contributed by atoms with Crippen LogP contribution in [0.4, 0.5) is 10.8 Å². The topological polar surface area (TPSA) is 50.9 Å². The first kappa shape index (κ1) is 13.0. The Morgan fingerprint density at radius 3 is 2.95 bits per heavy atom. The van der Waals surface area contributed by atoms with E-state index >= 15 is 0 Å². The highest BCUT2D eigenvalue weighted by molar-refractivity contribution is 9.10. The number of benzene rings is 1. The van der Waals surface area contributed by atoms with Crippen molar-refractivity contribution in [1.29, 1.82) is 0 Å². The van der Waals surface area contributed by atoms with Crippen LogP contribution in [-0.4, -0.2) is 9.97 Å². The molecule has 3 N–H and O–H groups in total. The van der Waals surface area contributed by atoms with E-state index < -0.39 is 0 Å². The van der Waals surface area contributed by atoms with Crippen LogP contribution in [0.1, 0.15) is 22.6 Å². The molecule has 0 unspecified atom stereocenters. The van der Waals surface area contributed by atoms with Crippen molar-refractivity contribution in [3.63, 3.8) is 0 Å². The second kappa shape index (κ2) is 5.19. The molecule has 1 heterocycles. The van der Waals surface area contributed by atoms with Crippen LogP contribution in [0, 0.1) is 0 Å². The molecule has 0 fully saturated rings. The first-order chi connectivity index (χ1) is 9.13. The molecule has 1 aromatic carbocycles. The largest absolute Gasteiger partial charge is 0.389 e. The van der Waals surface area contributed by atoms with Gasteiger partial charge < -0.3 is 11.1 Å². The van der Waals surface area contributed by atoms with Crippen LogP contribution in [0.15, 0.2) is 22.7 Å². The molecule has 2 aromatic rings. The number of aryl methyl sites for hydroxylation is 2. The number of rotatable bonds is 3. The molecule has 1 aliphatic rings. The van der Waals surface area contributed by atoms with Gasteiger partial charge in [0.25, 0.3) is 0 Å². The summed E-state index contributed by atoms with van der Waals surface area (Å²) in [6.07, 6.45) is 3.51. The highest BCUT2D eigenvalue weighted by atomic mass is 79.9. The lowest BCUT2D eigenvalue weighted by Crippen LogP contribution is -2.09. The zero-order valence-corrected chi connectivity index (χ0v) is 13.3.